The second-order valence-electron chi connectivity index (χ2n) is 3.58. The molecule has 2 heterocycles. The van der Waals surface area contributed by atoms with Crippen LogP contribution in [-0.4, -0.2) is 5.91 Å². The van der Waals surface area contributed by atoms with Crippen LogP contribution in [0.3, 0.4) is 0 Å². The van der Waals surface area contributed by atoms with E-state index in [0.717, 1.165) is 11.0 Å². The van der Waals surface area contributed by atoms with Crippen LogP contribution in [0.5, 0.6) is 0 Å². The number of benzene rings is 1. The van der Waals surface area contributed by atoms with Crippen LogP contribution in [0.4, 0.5) is 5.88 Å². The summed E-state index contributed by atoms with van der Waals surface area (Å²) in [7, 11) is 0. The molecular weight excluding hydrogens is 218 g/mol. The Bertz CT molecular complexity index is 619. The summed E-state index contributed by atoms with van der Waals surface area (Å²) >= 11 is 0. The van der Waals surface area contributed by atoms with Gasteiger partial charge in [0, 0.05) is 11.5 Å². The molecule has 0 bridgehead atoms. The number of furan rings is 2. The third-order valence-corrected chi connectivity index (χ3v) is 2.41. The maximum Gasteiger partial charge on any atom is 0.293 e. The van der Waals surface area contributed by atoms with Gasteiger partial charge < -0.3 is 8.83 Å². The number of fused-ring (bicyclic) bond motifs is 1. The molecule has 0 atom stereocenters. The quantitative estimate of drug-likeness (QED) is 0.730. The molecular formula is C13H9NO3. The number of carbonyl (C=O) groups excluding carboxylic acids is 1. The third-order valence-electron chi connectivity index (χ3n) is 2.41. The fourth-order valence-corrected chi connectivity index (χ4v) is 1.62. The van der Waals surface area contributed by atoms with Crippen LogP contribution in [0.2, 0.25) is 0 Å². The van der Waals surface area contributed by atoms with E-state index >= 15 is 0 Å². The Labute approximate surface area is 96.8 Å². The Morgan fingerprint density at radius 2 is 2.00 bits per heavy atom. The summed E-state index contributed by atoms with van der Waals surface area (Å²) in [6.45, 7) is 0. The summed E-state index contributed by atoms with van der Waals surface area (Å²) in [5.41, 5.74) is 0.738. The van der Waals surface area contributed by atoms with Gasteiger partial charge in [-0.25, -0.2) is 0 Å². The smallest absolute Gasteiger partial charge is 0.293 e. The highest BCUT2D eigenvalue weighted by Gasteiger charge is 2.11. The molecule has 4 heteroatoms. The van der Waals surface area contributed by atoms with E-state index in [4.69, 9.17) is 8.83 Å². The fourth-order valence-electron chi connectivity index (χ4n) is 1.62. The van der Waals surface area contributed by atoms with Crippen LogP contribution >= 0.6 is 0 Å². The minimum absolute atomic E-state index is 0.255. The Morgan fingerprint density at radius 3 is 2.76 bits per heavy atom. The Morgan fingerprint density at radius 1 is 1.12 bits per heavy atom. The summed E-state index contributed by atoms with van der Waals surface area (Å²) in [6, 6.07) is 12.6. The summed E-state index contributed by atoms with van der Waals surface area (Å²) < 4.78 is 10.5. The lowest BCUT2D eigenvalue weighted by molar-refractivity contribution is 0.0994. The van der Waals surface area contributed by atoms with Crippen molar-refractivity contribution in [3.63, 3.8) is 0 Å². The van der Waals surface area contributed by atoms with Crippen molar-refractivity contribution in [1.82, 2.24) is 0 Å². The van der Waals surface area contributed by atoms with Crippen molar-refractivity contribution < 1.29 is 13.6 Å². The summed E-state index contributed by atoms with van der Waals surface area (Å²) in [5, 5.41) is 3.58. The monoisotopic (exact) mass is 227 g/mol. The minimum Gasteiger partial charge on any atom is -0.459 e. The summed E-state index contributed by atoms with van der Waals surface area (Å²) in [6.07, 6.45) is 1.45. The van der Waals surface area contributed by atoms with Crippen molar-refractivity contribution in [1.29, 1.82) is 0 Å². The van der Waals surface area contributed by atoms with E-state index in [0.29, 0.717) is 5.88 Å². The topological polar surface area (TPSA) is 55.4 Å². The number of anilines is 1. The first-order valence-electron chi connectivity index (χ1n) is 5.16. The zero-order valence-electron chi connectivity index (χ0n) is 8.84. The molecule has 2 aromatic heterocycles. The summed E-state index contributed by atoms with van der Waals surface area (Å²) in [4.78, 5) is 11.7. The van der Waals surface area contributed by atoms with Crippen molar-refractivity contribution in [3.05, 3.63) is 54.5 Å². The van der Waals surface area contributed by atoms with Gasteiger partial charge in [0.15, 0.2) is 5.76 Å². The van der Waals surface area contributed by atoms with Gasteiger partial charge in [0.2, 0.25) is 5.88 Å². The van der Waals surface area contributed by atoms with Crippen LogP contribution in [-0.2, 0) is 0 Å². The lowest BCUT2D eigenvalue weighted by Crippen LogP contribution is -2.09. The number of hydrogen-bond donors (Lipinski definition) is 1. The van der Waals surface area contributed by atoms with Gasteiger partial charge >= 0.3 is 0 Å². The Balaban J connectivity index is 1.88. The van der Waals surface area contributed by atoms with Crippen molar-refractivity contribution in [3.8, 4) is 0 Å². The van der Waals surface area contributed by atoms with E-state index < -0.39 is 0 Å². The molecule has 0 fully saturated rings. The maximum atomic E-state index is 11.7. The van der Waals surface area contributed by atoms with Crippen LogP contribution in [0.1, 0.15) is 10.6 Å². The van der Waals surface area contributed by atoms with Gasteiger partial charge in [-0.1, -0.05) is 18.2 Å². The van der Waals surface area contributed by atoms with Gasteiger partial charge in [-0.05, 0) is 18.2 Å². The van der Waals surface area contributed by atoms with Crippen LogP contribution in [0.25, 0.3) is 11.0 Å². The number of amides is 1. The number of rotatable bonds is 2. The van der Waals surface area contributed by atoms with E-state index in [1.165, 1.54) is 6.26 Å². The molecule has 4 nitrogen and oxygen atoms in total. The van der Waals surface area contributed by atoms with Gasteiger partial charge in [-0.15, -0.1) is 0 Å². The second-order valence-corrected chi connectivity index (χ2v) is 3.58. The van der Waals surface area contributed by atoms with Gasteiger partial charge in [0.25, 0.3) is 5.91 Å². The molecule has 0 spiro atoms. The highest BCUT2D eigenvalue weighted by molar-refractivity contribution is 6.02. The van der Waals surface area contributed by atoms with Gasteiger partial charge in [-0.2, -0.15) is 0 Å². The highest BCUT2D eigenvalue weighted by Crippen LogP contribution is 2.22. The molecule has 1 amide bonds. The van der Waals surface area contributed by atoms with E-state index in [1.54, 1.807) is 18.2 Å². The molecule has 3 aromatic rings. The Kier molecular flexibility index (Phi) is 2.19. The molecule has 0 saturated carbocycles. The normalized spacial score (nSPS) is 10.6. The van der Waals surface area contributed by atoms with Crippen molar-refractivity contribution in [2.75, 3.05) is 5.32 Å². The zero-order chi connectivity index (χ0) is 11.7. The van der Waals surface area contributed by atoms with E-state index in [2.05, 4.69) is 5.32 Å². The Hall–Kier alpha value is -2.49. The molecule has 0 unspecified atom stereocenters. The number of hydrogen-bond acceptors (Lipinski definition) is 3. The molecule has 0 aliphatic heterocycles. The zero-order valence-corrected chi connectivity index (χ0v) is 8.84. The first-order chi connectivity index (χ1) is 8.33. The number of nitrogens with one attached hydrogen (secondary N) is 1. The van der Waals surface area contributed by atoms with Crippen LogP contribution in [0, 0.1) is 0 Å². The fraction of sp³-hybridized carbons (Fsp3) is 0. The van der Waals surface area contributed by atoms with E-state index in [9.17, 15) is 4.79 Å². The molecule has 84 valence electrons. The van der Waals surface area contributed by atoms with Crippen molar-refractivity contribution in [2.24, 2.45) is 0 Å². The SMILES string of the molecule is O=C(Nc1cc2ccccc2o1)c1ccco1. The van der Waals surface area contributed by atoms with Crippen molar-refractivity contribution in [2.45, 2.75) is 0 Å². The van der Waals surface area contributed by atoms with Crippen LogP contribution in [0.15, 0.2) is 57.6 Å². The molecule has 3 rings (SSSR count). The summed E-state index contributed by atoms with van der Waals surface area (Å²) in [5.74, 6) is 0.340. The average molecular weight is 227 g/mol. The molecule has 0 saturated heterocycles. The molecule has 0 aliphatic rings. The number of para-hydroxylation sites is 1. The molecule has 1 aromatic carbocycles. The predicted octanol–water partition coefficient (Wildman–Crippen LogP) is 3.28. The third kappa shape index (κ3) is 1.80. The maximum absolute atomic E-state index is 11.7. The van der Waals surface area contributed by atoms with Crippen LogP contribution < -0.4 is 5.32 Å². The van der Waals surface area contributed by atoms with Crippen molar-refractivity contribution >= 4 is 22.8 Å². The molecule has 0 radical (unpaired) electrons. The predicted molar refractivity (Wildman–Crippen MR) is 62.9 cm³/mol. The minimum atomic E-state index is -0.325. The van der Waals surface area contributed by atoms with Gasteiger partial charge in [0.1, 0.15) is 5.58 Å². The highest BCUT2D eigenvalue weighted by atomic mass is 16.4. The second kappa shape index (κ2) is 3.83. The number of carbonyl (C=O) groups is 1. The molecule has 17 heavy (non-hydrogen) atoms. The first-order valence-corrected chi connectivity index (χ1v) is 5.16. The largest absolute Gasteiger partial charge is 0.459 e. The lowest BCUT2D eigenvalue weighted by Gasteiger charge is -1.96. The first kappa shape index (κ1) is 9.72. The molecule has 0 aliphatic carbocycles. The lowest BCUT2D eigenvalue weighted by atomic mass is 10.3. The average Bonchev–Trinajstić information content (AvgIpc) is 2.97. The standard InChI is InChI=1S/C13H9NO3/c15-13(11-6-3-7-16-11)14-12-8-9-4-1-2-5-10(9)17-12/h1-8H,(H,14,15). The van der Waals surface area contributed by atoms with E-state index in [-0.39, 0.29) is 11.7 Å². The van der Waals surface area contributed by atoms with E-state index in [1.807, 2.05) is 24.3 Å². The van der Waals surface area contributed by atoms with Gasteiger partial charge in [-0.3, -0.25) is 10.1 Å². The van der Waals surface area contributed by atoms with Gasteiger partial charge in [0.05, 0.1) is 6.26 Å². The molecule has 1 N–H and O–H groups in total.